The molecule has 2 aromatic heterocycles. The number of likely N-dealkylation sites (tertiary alicyclic amines) is 1. The Morgan fingerprint density at radius 2 is 1.79 bits per heavy atom. The lowest BCUT2D eigenvalue weighted by Crippen LogP contribution is -2.57. The van der Waals surface area contributed by atoms with Crippen molar-refractivity contribution in [3.63, 3.8) is 0 Å². The van der Waals surface area contributed by atoms with Gasteiger partial charge in [0.15, 0.2) is 5.65 Å². The third-order valence-corrected chi connectivity index (χ3v) is 7.90. The number of hydrogen-bond acceptors (Lipinski definition) is 7. The van der Waals surface area contributed by atoms with E-state index in [-0.39, 0.29) is 29.6 Å². The fourth-order valence-electron chi connectivity index (χ4n) is 5.29. The molecule has 0 spiro atoms. The number of benzene rings is 1. The van der Waals surface area contributed by atoms with Gasteiger partial charge < -0.3 is 25.0 Å². The predicted molar refractivity (Wildman–Crippen MR) is 143 cm³/mol. The Hall–Kier alpha value is -4.46. The molecule has 3 fully saturated rings. The first-order valence-corrected chi connectivity index (χ1v) is 13.4. The van der Waals surface area contributed by atoms with Crippen LogP contribution in [0.1, 0.15) is 30.1 Å². The molecular weight excluding hydrogens is 496 g/mol. The summed E-state index contributed by atoms with van der Waals surface area (Å²) in [5.74, 6) is -0.380. The topological polar surface area (TPSA) is 138 Å². The number of aromatic amines is 1. The Morgan fingerprint density at radius 1 is 1.08 bits per heavy atom. The molecule has 3 aromatic rings. The van der Waals surface area contributed by atoms with Crippen LogP contribution in [-0.4, -0.2) is 87.8 Å². The smallest absolute Gasteiger partial charge is 0.255 e. The van der Waals surface area contributed by atoms with Crippen LogP contribution < -0.4 is 10.2 Å². The predicted octanol–water partition coefficient (Wildman–Crippen LogP) is 1.78. The highest BCUT2D eigenvalue weighted by Gasteiger charge is 2.43. The lowest BCUT2D eigenvalue weighted by atomic mass is 9.99. The molecule has 1 atom stereocenters. The summed E-state index contributed by atoms with van der Waals surface area (Å²) in [5, 5.41) is 12.0. The number of nitriles is 1. The summed E-state index contributed by atoms with van der Waals surface area (Å²) < 4.78 is 0. The number of H-pyrrole nitrogens is 1. The molecule has 4 heterocycles. The summed E-state index contributed by atoms with van der Waals surface area (Å²) in [4.78, 5) is 55.9. The summed E-state index contributed by atoms with van der Waals surface area (Å²) in [6.45, 7) is 5.44. The molecule has 200 valence electrons. The first-order valence-electron chi connectivity index (χ1n) is 13.4. The van der Waals surface area contributed by atoms with Gasteiger partial charge >= 0.3 is 0 Å². The van der Waals surface area contributed by atoms with Gasteiger partial charge in [-0.3, -0.25) is 14.4 Å². The summed E-state index contributed by atoms with van der Waals surface area (Å²) in [6.07, 6.45) is 5.05. The maximum Gasteiger partial charge on any atom is 0.255 e. The number of hydrogen-bond donors (Lipinski definition) is 2. The molecule has 1 aliphatic carbocycles. The molecule has 0 unspecified atom stereocenters. The normalized spacial score (nSPS) is 18.4. The largest absolute Gasteiger partial charge is 0.368 e. The highest BCUT2D eigenvalue weighted by molar-refractivity contribution is 6.06. The van der Waals surface area contributed by atoms with E-state index in [9.17, 15) is 14.4 Å². The molecule has 3 amide bonds. The molecule has 0 radical (unpaired) electrons. The van der Waals surface area contributed by atoms with Crippen molar-refractivity contribution < 1.29 is 14.4 Å². The number of nitrogens with zero attached hydrogens (tertiary/aromatic N) is 6. The molecule has 2 saturated heterocycles. The molecular formula is C28H30N8O3. The fraction of sp³-hybridized carbons (Fsp3) is 0.429. The summed E-state index contributed by atoms with van der Waals surface area (Å²) in [5.41, 5.74) is 3.89. The number of piperazine rings is 1. The number of carbonyl (C=O) groups excluding carboxylic acids is 3. The van der Waals surface area contributed by atoms with Gasteiger partial charge in [-0.05, 0) is 30.9 Å². The van der Waals surface area contributed by atoms with E-state index >= 15 is 0 Å². The van der Waals surface area contributed by atoms with Crippen molar-refractivity contribution in [2.24, 2.45) is 11.8 Å². The van der Waals surface area contributed by atoms with Gasteiger partial charge in [0.25, 0.3) is 5.91 Å². The van der Waals surface area contributed by atoms with Gasteiger partial charge in [0.2, 0.25) is 11.8 Å². The molecule has 1 aromatic carbocycles. The number of anilines is 1. The zero-order valence-corrected chi connectivity index (χ0v) is 21.8. The van der Waals surface area contributed by atoms with Gasteiger partial charge in [-0.1, -0.05) is 12.1 Å². The Labute approximate surface area is 225 Å². The second kappa shape index (κ2) is 10.0. The first-order chi connectivity index (χ1) is 18.9. The highest BCUT2D eigenvalue weighted by atomic mass is 16.2. The monoisotopic (exact) mass is 526 g/mol. The molecule has 2 aliphatic heterocycles. The molecule has 39 heavy (non-hydrogen) atoms. The number of nitrogens with one attached hydrogen (secondary N) is 2. The van der Waals surface area contributed by atoms with E-state index in [1.807, 2.05) is 29.2 Å². The van der Waals surface area contributed by atoms with Gasteiger partial charge in [0, 0.05) is 63.6 Å². The zero-order valence-electron chi connectivity index (χ0n) is 21.8. The van der Waals surface area contributed by atoms with Crippen molar-refractivity contribution in [1.29, 1.82) is 5.26 Å². The third kappa shape index (κ3) is 4.90. The van der Waals surface area contributed by atoms with E-state index in [0.717, 1.165) is 37.2 Å². The minimum Gasteiger partial charge on any atom is -0.368 e. The lowest BCUT2D eigenvalue weighted by Gasteiger charge is -2.37. The molecule has 1 saturated carbocycles. The van der Waals surface area contributed by atoms with Crippen LogP contribution in [0.25, 0.3) is 22.4 Å². The van der Waals surface area contributed by atoms with Gasteiger partial charge in [-0.15, -0.1) is 0 Å². The Balaban J connectivity index is 1.17. The zero-order chi connectivity index (χ0) is 27.1. The Morgan fingerprint density at radius 3 is 2.44 bits per heavy atom. The fourth-order valence-corrected chi connectivity index (χ4v) is 5.29. The van der Waals surface area contributed by atoms with E-state index in [4.69, 9.17) is 10.2 Å². The van der Waals surface area contributed by atoms with E-state index in [1.165, 1.54) is 0 Å². The number of fused-ring (bicyclic) bond motifs is 1. The van der Waals surface area contributed by atoms with Crippen molar-refractivity contribution in [1.82, 2.24) is 30.1 Å². The van der Waals surface area contributed by atoms with Gasteiger partial charge in [0.05, 0.1) is 29.4 Å². The van der Waals surface area contributed by atoms with E-state index in [2.05, 4.69) is 26.3 Å². The maximum absolute atomic E-state index is 13.3. The minimum atomic E-state index is -0.594. The first kappa shape index (κ1) is 24.9. The summed E-state index contributed by atoms with van der Waals surface area (Å²) in [6, 6.07) is 9.63. The van der Waals surface area contributed by atoms with Crippen LogP contribution in [-0.2, 0) is 9.59 Å². The quantitative estimate of drug-likeness (QED) is 0.499. The maximum atomic E-state index is 13.3. The van der Waals surface area contributed by atoms with E-state index in [0.29, 0.717) is 48.6 Å². The van der Waals surface area contributed by atoms with Crippen molar-refractivity contribution >= 4 is 34.6 Å². The lowest BCUT2D eigenvalue weighted by molar-refractivity contribution is -0.138. The van der Waals surface area contributed by atoms with Crippen LogP contribution in [0.2, 0.25) is 0 Å². The molecule has 2 N–H and O–H groups in total. The minimum absolute atomic E-state index is 0.108. The number of aromatic nitrogens is 3. The number of amides is 3. The highest BCUT2D eigenvalue weighted by Crippen LogP contribution is 2.35. The SMILES string of the molecule is CC(=O)N1CCN(c2ccc(-c3cnc4[nH]cc(C(=O)N[C@@H](C(=O)N5CC(C#N)C5)C5CC5)c4n3)cc2)CC1. The van der Waals surface area contributed by atoms with Crippen LogP contribution in [0.5, 0.6) is 0 Å². The summed E-state index contributed by atoms with van der Waals surface area (Å²) >= 11 is 0. The third-order valence-electron chi connectivity index (χ3n) is 7.90. The molecule has 3 aliphatic rings. The Kier molecular flexibility index (Phi) is 6.38. The average Bonchev–Trinajstić information content (AvgIpc) is 3.69. The van der Waals surface area contributed by atoms with Crippen molar-refractivity contribution in [2.45, 2.75) is 25.8 Å². The average molecular weight is 527 g/mol. The molecule has 11 nitrogen and oxygen atoms in total. The van der Waals surface area contributed by atoms with E-state index < -0.39 is 6.04 Å². The van der Waals surface area contributed by atoms with Crippen LogP contribution in [0, 0.1) is 23.2 Å². The molecule has 0 bridgehead atoms. The Bertz CT molecular complexity index is 1460. The van der Waals surface area contributed by atoms with Crippen molar-refractivity contribution in [2.75, 3.05) is 44.2 Å². The number of carbonyl (C=O) groups is 3. The molecule has 6 rings (SSSR count). The van der Waals surface area contributed by atoms with Crippen molar-refractivity contribution in [3.8, 4) is 17.3 Å². The van der Waals surface area contributed by atoms with Gasteiger partial charge in [0.1, 0.15) is 11.6 Å². The van der Waals surface area contributed by atoms with Crippen LogP contribution >= 0.6 is 0 Å². The molecule has 11 heteroatoms. The van der Waals surface area contributed by atoms with Crippen LogP contribution in [0.4, 0.5) is 5.69 Å². The standard InChI is InChI=1S/C28H30N8O3/c1-17(37)34-8-10-35(11-9-34)21-6-4-19(5-7-21)23-14-31-26-25(32-23)22(13-30-26)27(38)33-24(20-2-3-20)28(39)36-15-18(12-29)16-36/h4-7,13-14,18,20,24H,2-3,8-11,15-16H2,1H3,(H,30,31)(H,33,38)/t24-/m1/s1. The number of rotatable bonds is 6. The van der Waals surface area contributed by atoms with Gasteiger partial charge in [-0.25, -0.2) is 9.97 Å². The van der Waals surface area contributed by atoms with E-state index in [1.54, 1.807) is 24.2 Å². The van der Waals surface area contributed by atoms with Crippen LogP contribution in [0.15, 0.2) is 36.7 Å². The van der Waals surface area contributed by atoms with Gasteiger partial charge in [-0.2, -0.15) is 5.26 Å². The van der Waals surface area contributed by atoms with Crippen molar-refractivity contribution in [3.05, 3.63) is 42.2 Å². The second-order valence-electron chi connectivity index (χ2n) is 10.6. The second-order valence-corrected chi connectivity index (χ2v) is 10.6. The van der Waals surface area contributed by atoms with Crippen LogP contribution in [0.3, 0.4) is 0 Å². The summed E-state index contributed by atoms with van der Waals surface area (Å²) in [7, 11) is 0.